The summed E-state index contributed by atoms with van der Waals surface area (Å²) in [6.07, 6.45) is 0. The summed E-state index contributed by atoms with van der Waals surface area (Å²) in [4.78, 5) is 34.9. The average Bonchev–Trinajstić information content (AvgIpc) is 1.44. The minimum atomic E-state index is -4.86. The molecular formula is C4H12O6P2S. The van der Waals surface area contributed by atoms with Crippen molar-refractivity contribution in [2.24, 2.45) is 0 Å². The zero-order chi connectivity index (χ0) is 11.1. The lowest BCUT2D eigenvalue weighted by Crippen LogP contribution is -2.30. The smallest absolute Gasteiger partial charge is 0.324 e. The Labute approximate surface area is 81.1 Å². The molecule has 0 amide bonds. The Morgan fingerprint density at radius 1 is 1.08 bits per heavy atom. The standard InChI is InChI=1S/C4H12O6P2S/c1-4(2,13)3(11(5,6)7)12(8,9)10/h3,13H,1-2H3,(H2,5,6,7)(H2,8,9,10). The molecular weight excluding hydrogens is 238 g/mol. The largest absolute Gasteiger partial charge is 0.342 e. The lowest BCUT2D eigenvalue weighted by Gasteiger charge is -2.30. The van der Waals surface area contributed by atoms with Crippen LogP contribution in [-0.4, -0.2) is 29.7 Å². The first-order valence-corrected chi connectivity index (χ1v) is 7.00. The van der Waals surface area contributed by atoms with Crippen LogP contribution in [0.15, 0.2) is 0 Å². The molecule has 4 N–H and O–H groups in total. The molecule has 0 saturated carbocycles. The molecule has 6 nitrogen and oxygen atoms in total. The lowest BCUT2D eigenvalue weighted by atomic mass is 10.2. The SMILES string of the molecule is CC(C)(S)C(P(=O)(O)O)P(=O)(O)O. The molecule has 0 aliphatic carbocycles. The number of hydrogen-bond donors (Lipinski definition) is 5. The first kappa shape index (κ1) is 13.7. The molecule has 0 spiro atoms. The molecule has 0 fully saturated rings. The van der Waals surface area contributed by atoms with Crippen LogP contribution in [0.25, 0.3) is 0 Å². The van der Waals surface area contributed by atoms with E-state index in [-0.39, 0.29) is 0 Å². The van der Waals surface area contributed by atoms with Crippen molar-refractivity contribution in [3.05, 3.63) is 0 Å². The van der Waals surface area contributed by atoms with E-state index in [1.807, 2.05) is 0 Å². The molecule has 80 valence electrons. The average molecular weight is 250 g/mol. The fourth-order valence-corrected chi connectivity index (χ4v) is 5.14. The van der Waals surface area contributed by atoms with Gasteiger partial charge in [-0.15, -0.1) is 0 Å². The highest BCUT2D eigenvalue weighted by Gasteiger charge is 2.51. The van der Waals surface area contributed by atoms with Gasteiger partial charge in [0.1, 0.15) is 0 Å². The maximum Gasteiger partial charge on any atom is 0.342 e. The molecule has 0 aromatic rings. The van der Waals surface area contributed by atoms with E-state index in [2.05, 4.69) is 12.6 Å². The van der Waals surface area contributed by atoms with Crippen molar-refractivity contribution >= 4 is 27.8 Å². The van der Waals surface area contributed by atoms with Crippen molar-refractivity contribution in [2.75, 3.05) is 0 Å². The van der Waals surface area contributed by atoms with Crippen LogP contribution in [0.2, 0.25) is 0 Å². The third-order valence-corrected chi connectivity index (χ3v) is 6.31. The molecule has 0 aliphatic rings. The van der Waals surface area contributed by atoms with Crippen LogP contribution < -0.4 is 0 Å². The summed E-state index contributed by atoms with van der Waals surface area (Å²) >= 11 is 3.75. The van der Waals surface area contributed by atoms with Gasteiger partial charge in [-0.3, -0.25) is 9.13 Å². The molecule has 0 radical (unpaired) electrons. The maximum absolute atomic E-state index is 10.8. The van der Waals surface area contributed by atoms with Crippen LogP contribution in [0.4, 0.5) is 0 Å². The third kappa shape index (κ3) is 4.13. The second kappa shape index (κ2) is 3.66. The molecule has 0 unspecified atom stereocenters. The minimum absolute atomic E-state index is 1.24. The number of hydrogen-bond acceptors (Lipinski definition) is 3. The van der Waals surface area contributed by atoms with Crippen molar-refractivity contribution in [3.63, 3.8) is 0 Å². The van der Waals surface area contributed by atoms with Crippen molar-refractivity contribution in [1.29, 1.82) is 0 Å². The Morgan fingerprint density at radius 3 is 1.31 bits per heavy atom. The van der Waals surface area contributed by atoms with E-state index < -0.39 is 25.3 Å². The third-order valence-electron chi connectivity index (χ3n) is 1.27. The van der Waals surface area contributed by atoms with Gasteiger partial charge in [-0.2, -0.15) is 12.6 Å². The molecule has 0 saturated heterocycles. The Balaban J connectivity index is 5.28. The van der Waals surface area contributed by atoms with Crippen molar-refractivity contribution in [1.82, 2.24) is 0 Å². The van der Waals surface area contributed by atoms with Crippen LogP contribution in [0.3, 0.4) is 0 Å². The summed E-state index contributed by atoms with van der Waals surface area (Å²) in [5.74, 6) is 0. The first-order chi connectivity index (χ1) is 5.37. The lowest BCUT2D eigenvalue weighted by molar-refractivity contribution is 0.330. The Bertz CT molecular complexity index is 249. The zero-order valence-corrected chi connectivity index (χ0v) is 9.71. The fraction of sp³-hybridized carbons (Fsp3) is 1.00. The van der Waals surface area contributed by atoms with Crippen molar-refractivity contribution in [2.45, 2.75) is 24.0 Å². The van der Waals surface area contributed by atoms with Gasteiger partial charge in [0.15, 0.2) is 5.40 Å². The number of rotatable bonds is 3. The van der Waals surface area contributed by atoms with Gasteiger partial charge in [0.25, 0.3) is 0 Å². The van der Waals surface area contributed by atoms with Crippen LogP contribution in [0, 0.1) is 0 Å². The quantitative estimate of drug-likeness (QED) is 0.365. The highest BCUT2D eigenvalue weighted by molar-refractivity contribution is 7.84. The Morgan fingerprint density at radius 2 is 1.31 bits per heavy atom. The van der Waals surface area contributed by atoms with Crippen LogP contribution >= 0.6 is 27.8 Å². The monoisotopic (exact) mass is 250 g/mol. The van der Waals surface area contributed by atoms with E-state index in [0.29, 0.717) is 0 Å². The molecule has 0 aliphatic heterocycles. The molecule has 0 atom stereocenters. The molecule has 0 bridgehead atoms. The highest BCUT2D eigenvalue weighted by Crippen LogP contribution is 2.64. The Hall–Kier alpha value is 0.650. The summed E-state index contributed by atoms with van der Waals surface area (Å²) in [5.41, 5.74) is 0. The first-order valence-electron chi connectivity index (χ1n) is 3.19. The van der Waals surface area contributed by atoms with Gasteiger partial charge in [-0.25, -0.2) is 0 Å². The topological polar surface area (TPSA) is 115 Å². The Kier molecular flexibility index (Phi) is 3.85. The van der Waals surface area contributed by atoms with E-state index in [1.54, 1.807) is 0 Å². The van der Waals surface area contributed by atoms with E-state index in [4.69, 9.17) is 19.6 Å². The molecule has 13 heavy (non-hydrogen) atoms. The maximum atomic E-state index is 10.8. The van der Waals surface area contributed by atoms with E-state index >= 15 is 0 Å². The summed E-state index contributed by atoms with van der Waals surface area (Å²) in [6, 6.07) is 0. The van der Waals surface area contributed by atoms with E-state index in [1.165, 1.54) is 13.8 Å². The van der Waals surface area contributed by atoms with Gasteiger partial charge >= 0.3 is 15.2 Å². The normalized spacial score (nSPS) is 15.1. The van der Waals surface area contributed by atoms with Gasteiger partial charge in [-0.05, 0) is 13.8 Å². The van der Waals surface area contributed by atoms with Gasteiger partial charge < -0.3 is 19.6 Å². The molecule has 0 aromatic heterocycles. The predicted molar refractivity (Wildman–Crippen MR) is 50.9 cm³/mol. The minimum Gasteiger partial charge on any atom is -0.324 e. The fourth-order valence-electron chi connectivity index (χ4n) is 1.02. The van der Waals surface area contributed by atoms with Gasteiger partial charge in [-0.1, -0.05) is 0 Å². The molecule has 0 heterocycles. The molecule has 0 aromatic carbocycles. The summed E-state index contributed by atoms with van der Waals surface area (Å²) < 4.78 is 20.1. The van der Waals surface area contributed by atoms with Gasteiger partial charge in [0, 0.05) is 4.75 Å². The van der Waals surface area contributed by atoms with E-state index in [9.17, 15) is 9.13 Å². The van der Waals surface area contributed by atoms with Crippen LogP contribution in [0.1, 0.15) is 13.8 Å². The second-order valence-corrected chi connectivity index (χ2v) is 8.15. The summed E-state index contributed by atoms with van der Waals surface area (Å²) in [5, 5.41) is -2.07. The predicted octanol–water partition coefficient (Wildman–Crippen LogP) is 0.376. The van der Waals surface area contributed by atoms with Gasteiger partial charge in [0.2, 0.25) is 0 Å². The van der Waals surface area contributed by atoms with Crippen LogP contribution in [-0.2, 0) is 9.13 Å². The zero-order valence-electron chi connectivity index (χ0n) is 7.02. The van der Waals surface area contributed by atoms with Crippen molar-refractivity contribution in [3.8, 4) is 0 Å². The van der Waals surface area contributed by atoms with E-state index in [0.717, 1.165) is 0 Å². The number of thiol groups is 1. The molecule has 9 heteroatoms. The molecule has 0 rings (SSSR count). The van der Waals surface area contributed by atoms with Crippen LogP contribution in [0.5, 0.6) is 0 Å². The summed E-state index contributed by atoms with van der Waals surface area (Å²) in [6.45, 7) is 2.47. The van der Waals surface area contributed by atoms with Crippen molar-refractivity contribution < 1.29 is 28.7 Å². The van der Waals surface area contributed by atoms with Gasteiger partial charge in [0.05, 0.1) is 0 Å². The second-order valence-electron chi connectivity index (χ2n) is 3.21. The highest BCUT2D eigenvalue weighted by atomic mass is 32.1. The summed E-state index contributed by atoms with van der Waals surface area (Å²) in [7, 11) is -9.72.